The third kappa shape index (κ3) is 3.75. The molecule has 36 heavy (non-hydrogen) atoms. The van der Waals surface area contributed by atoms with E-state index < -0.39 is 0 Å². The van der Waals surface area contributed by atoms with Crippen LogP contribution in [0.2, 0.25) is 5.02 Å². The molecule has 0 aliphatic heterocycles. The Labute approximate surface area is 211 Å². The fourth-order valence-corrected chi connectivity index (χ4v) is 4.82. The smallest absolute Gasteiger partial charge is 0.280 e. The third-order valence-electron chi connectivity index (χ3n) is 6.48. The first-order valence-electron chi connectivity index (χ1n) is 11.6. The van der Waals surface area contributed by atoms with Gasteiger partial charge >= 0.3 is 0 Å². The molecule has 4 heterocycles. The fraction of sp³-hybridized carbons (Fsp3) is 0.185. The summed E-state index contributed by atoms with van der Waals surface area (Å²) in [5.74, 6) is 0. The van der Waals surface area contributed by atoms with Crippen molar-refractivity contribution in [3.8, 4) is 11.1 Å². The van der Waals surface area contributed by atoms with E-state index in [1.54, 1.807) is 22.4 Å². The summed E-state index contributed by atoms with van der Waals surface area (Å²) in [6, 6.07) is 15.7. The Morgan fingerprint density at radius 2 is 1.92 bits per heavy atom. The Bertz CT molecular complexity index is 1800. The summed E-state index contributed by atoms with van der Waals surface area (Å²) in [4.78, 5) is 16.7. The highest BCUT2D eigenvalue weighted by Gasteiger charge is 2.19. The summed E-state index contributed by atoms with van der Waals surface area (Å²) in [7, 11) is 1.62. The molecule has 2 aromatic carbocycles. The number of halogens is 1. The SMILES string of the molecule is COCc1nn2c(nnc3c(=O)n(CCc4c[nH]c5ccc(C)cc45)ccc32)c1-c1ccc(Cl)cc1. The number of fused-ring (bicyclic) bond motifs is 4. The van der Waals surface area contributed by atoms with Crippen LogP contribution in [0.25, 0.3) is 38.7 Å². The molecule has 180 valence electrons. The second-order valence-corrected chi connectivity index (χ2v) is 9.29. The number of nitrogens with zero attached hydrogens (tertiary/aromatic N) is 5. The molecule has 0 atom stereocenters. The van der Waals surface area contributed by atoms with E-state index in [1.807, 2.05) is 36.5 Å². The highest BCUT2D eigenvalue weighted by atomic mass is 35.5. The number of pyridine rings is 1. The molecule has 8 nitrogen and oxygen atoms in total. The second kappa shape index (κ2) is 8.89. The fourth-order valence-electron chi connectivity index (χ4n) is 4.69. The lowest BCUT2D eigenvalue weighted by Gasteiger charge is -2.07. The topological polar surface area (TPSA) is 90.1 Å². The third-order valence-corrected chi connectivity index (χ3v) is 6.74. The van der Waals surface area contributed by atoms with Crippen molar-refractivity contribution >= 4 is 39.2 Å². The van der Waals surface area contributed by atoms with Gasteiger partial charge in [0.25, 0.3) is 5.56 Å². The lowest BCUT2D eigenvalue weighted by molar-refractivity contribution is 0.181. The van der Waals surface area contributed by atoms with Crippen LogP contribution in [0.1, 0.15) is 16.8 Å². The number of hydrogen-bond acceptors (Lipinski definition) is 5. The molecule has 0 aliphatic carbocycles. The summed E-state index contributed by atoms with van der Waals surface area (Å²) in [5.41, 5.74) is 7.12. The molecule has 6 aromatic rings. The first-order chi connectivity index (χ1) is 17.5. The first-order valence-corrected chi connectivity index (χ1v) is 12.0. The highest BCUT2D eigenvalue weighted by Crippen LogP contribution is 2.30. The van der Waals surface area contributed by atoms with Gasteiger partial charge in [-0.05, 0) is 54.8 Å². The van der Waals surface area contributed by atoms with Crippen molar-refractivity contribution in [2.75, 3.05) is 7.11 Å². The summed E-state index contributed by atoms with van der Waals surface area (Å²) < 4.78 is 8.74. The van der Waals surface area contributed by atoms with Crippen LogP contribution in [0.15, 0.2) is 65.7 Å². The van der Waals surface area contributed by atoms with Crippen LogP contribution >= 0.6 is 11.6 Å². The van der Waals surface area contributed by atoms with Gasteiger partial charge in [-0.3, -0.25) is 4.79 Å². The number of aryl methyl sites for hydroxylation is 3. The van der Waals surface area contributed by atoms with E-state index in [2.05, 4.69) is 40.3 Å². The quantitative estimate of drug-likeness (QED) is 0.351. The number of hydrogen-bond donors (Lipinski definition) is 1. The van der Waals surface area contributed by atoms with Crippen molar-refractivity contribution in [3.05, 3.63) is 93.1 Å². The maximum Gasteiger partial charge on any atom is 0.280 e. The molecule has 0 saturated heterocycles. The van der Waals surface area contributed by atoms with Crippen LogP contribution in [0.5, 0.6) is 0 Å². The maximum atomic E-state index is 13.3. The van der Waals surface area contributed by atoms with Crippen molar-refractivity contribution in [3.63, 3.8) is 0 Å². The van der Waals surface area contributed by atoms with Gasteiger partial charge in [-0.25, -0.2) is 4.52 Å². The number of aromatic amines is 1. The lowest BCUT2D eigenvalue weighted by Crippen LogP contribution is -2.22. The standard InChI is InChI=1S/C27H23ClN6O2/c1-16-3-8-21-20(13-16)18(14-29-21)9-11-33-12-10-23-25(27(33)35)30-31-26-24(17-4-6-19(28)7-5-17)22(15-36-2)32-34(23)26/h3-8,10,12-14,29H,9,11,15H2,1-2H3. The number of aromatic nitrogens is 6. The van der Waals surface area contributed by atoms with E-state index in [4.69, 9.17) is 21.4 Å². The van der Waals surface area contributed by atoms with Crippen molar-refractivity contribution in [1.82, 2.24) is 29.4 Å². The lowest BCUT2D eigenvalue weighted by atomic mass is 10.1. The molecule has 0 fully saturated rings. The predicted octanol–water partition coefficient (Wildman–Crippen LogP) is 4.94. The summed E-state index contributed by atoms with van der Waals surface area (Å²) >= 11 is 6.08. The Balaban J connectivity index is 1.41. The Morgan fingerprint density at radius 1 is 1.08 bits per heavy atom. The molecular formula is C27H23ClN6O2. The zero-order chi connectivity index (χ0) is 24.8. The molecule has 0 bridgehead atoms. The summed E-state index contributed by atoms with van der Waals surface area (Å²) in [6.07, 6.45) is 4.52. The van der Waals surface area contributed by atoms with Crippen LogP contribution in [-0.2, 0) is 24.3 Å². The van der Waals surface area contributed by atoms with Gasteiger partial charge in [-0.2, -0.15) is 5.10 Å². The monoisotopic (exact) mass is 498 g/mol. The highest BCUT2D eigenvalue weighted by molar-refractivity contribution is 6.30. The van der Waals surface area contributed by atoms with E-state index in [0.29, 0.717) is 41.5 Å². The molecule has 0 spiro atoms. The minimum atomic E-state index is -0.199. The minimum Gasteiger partial charge on any atom is -0.378 e. The molecule has 0 saturated carbocycles. The number of rotatable bonds is 6. The van der Waals surface area contributed by atoms with Gasteiger partial charge < -0.3 is 14.3 Å². The Hall–Kier alpha value is -4.01. The number of nitrogens with one attached hydrogen (secondary N) is 1. The van der Waals surface area contributed by atoms with Crippen molar-refractivity contribution in [2.45, 2.75) is 26.5 Å². The molecule has 4 aromatic heterocycles. The van der Waals surface area contributed by atoms with E-state index in [1.165, 1.54) is 16.5 Å². The van der Waals surface area contributed by atoms with Crippen LogP contribution in [0.4, 0.5) is 0 Å². The van der Waals surface area contributed by atoms with Crippen molar-refractivity contribution in [1.29, 1.82) is 0 Å². The molecule has 6 rings (SSSR count). The average Bonchev–Trinajstić information content (AvgIpc) is 3.45. The van der Waals surface area contributed by atoms with E-state index >= 15 is 0 Å². The molecule has 0 aliphatic rings. The van der Waals surface area contributed by atoms with Crippen LogP contribution in [0, 0.1) is 6.92 Å². The van der Waals surface area contributed by atoms with Gasteiger partial charge in [-0.1, -0.05) is 35.4 Å². The largest absolute Gasteiger partial charge is 0.378 e. The average molecular weight is 499 g/mol. The van der Waals surface area contributed by atoms with Crippen molar-refractivity contribution < 1.29 is 4.74 Å². The second-order valence-electron chi connectivity index (χ2n) is 8.86. The summed E-state index contributed by atoms with van der Waals surface area (Å²) in [5, 5.41) is 15.3. The predicted molar refractivity (Wildman–Crippen MR) is 140 cm³/mol. The molecule has 0 amide bonds. The van der Waals surface area contributed by atoms with Gasteiger partial charge in [0.15, 0.2) is 11.2 Å². The van der Waals surface area contributed by atoms with Gasteiger partial charge in [0, 0.05) is 42.0 Å². The van der Waals surface area contributed by atoms with Gasteiger partial charge in [-0.15, -0.1) is 10.2 Å². The summed E-state index contributed by atoms with van der Waals surface area (Å²) in [6.45, 7) is 2.90. The van der Waals surface area contributed by atoms with Gasteiger partial charge in [0.1, 0.15) is 5.52 Å². The van der Waals surface area contributed by atoms with Crippen LogP contribution in [-0.4, -0.2) is 36.5 Å². The van der Waals surface area contributed by atoms with E-state index in [9.17, 15) is 4.79 Å². The first kappa shape index (κ1) is 22.5. The maximum absolute atomic E-state index is 13.3. The van der Waals surface area contributed by atoms with E-state index in [-0.39, 0.29) is 11.1 Å². The molecular weight excluding hydrogens is 476 g/mol. The normalized spacial score (nSPS) is 11.8. The zero-order valence-electron chi connectivity index (χ0n) is 19.8. The van der Waals surface area contributed by atoms with E-state index in [0.717, 1.165) is 16.6 Å². The molecule has 9 heteroatoms. The zero-order valence-corrected chi connectivity index (χ0v) is 20.6. The number of ether oxygens (including phenoxy) is 1. The Kier molecular flexibility index (Phi) is 5.55. The van der Waals surface area contributed by atoms with Gasteiger partial charge in [0.2, 0.25) is 0 Å². The van der Waals surface area contributed by atoms with Gasteiger partial charge in [0.05, 0.1) is 17.9 Å². The van der Waals surface area contributed by atoms with Crippen molar-refractivity contribution in [2.24, 2.45) is 0 Å². The minimum absolute atomic E-state index is 0.199. The molecule has 1 N–H and O–H groups in total. The number of methoxy groups -OCH3 is 1. The van der Waals surface area contributed by atoms with Crippen LogP contribution < -0.4 is 5.56 Å². The molecule has 0 unspecified atom stereocenters. The number of benzene rings is 2. The van der Waals surface area contributed by atoms with Crippen LogP contribution in [0.3, 0.4) is 0 Å². The Morgan fingerprint density at radius 3 is 2.72 bits per heavy atom. The number of H-pyrrole nitrogens is 1. The molecule has 0 radical (unpaired) electrons.